The highest BCUT2D eigenvalue weighted by Gasteiger charge is 2.24. The maximum absolute atomic E-state index is 12.6. The van der Waals surface area contributed by atoms with Gasteiger partial charge in [0.15, 0.2) is 11.5 Å². The molecule has 2 amide bonds. The van der Waals surface area contributed by atoms with Crippen molar-refractivity contribution in [1.29, 1.82) is 0 Å². The summed E-state index contributed by atoms with van der Waals surface area (Å²) < 4.78 is 15.1. The summed E-state index contributed by atoms with van der Waals surface area (Å²) in [6.45, 7) is 0.854. The first-order valence-corrected chi connectivity index (χ1v) is 8.96. The van der Waals surface area contributed by atoms with Gasteiger partial charge in [0.25, 0.3) is 11.6 Å². The lowest BCUT2D eigenvalue weighted by atomic mass is 10.1. The fourth-order valence-electron chi connectivity index (χ4n) is 2.65. The van der Waals surface area contributed by atoms with Crippen LogP contribution in [0, 0.1) is 10.1 Å². The van der Waals surface area contributed by atoms with Gasteiger partial charge in [-0.25, -0.2) is 0 Å². The number of benzene rings is 2. The summed E-state index contributed by atoms with van der Waals surface area (Å²) in [5.41, 5.74) is 0.599. The summed E-state index contributed by atoms with van der Waals surface area (Å²) >= 11 is 0. The third-order valence-electron chi connectivity index (χ3n) is 4.15. The van der Waals surface area contributed by atoms with Gasteiger partial charge in [-0.1, -0.05) is 12.1 Å². The number of rotatable bonds is 10. The Morgan fingerprint density at radius 3 is 2.23 bits per heavy atom. The number of nitro groups is 1. The Morgan fingerprint density at radius 1 is 1.03 bits per heavy atom. The van der Waals surface area contributed by atoms with Crippen LogP contribution in [0.4, 0.5) is 11.4 Å². The molecule has 0 aliphatic rings. The lowest BCUT2D eigenvalue weighted by molar-refractivity contribution is -0.385. The van der Waals surface area contributed by atoms with Crippen molar-refractivity contribution < 1.29 is 28.7 Å². The van der Waals surface area contributed by atoms with Gasteiger partial charge < -0.3 is 24.8 Å². The van der Waals surface area contributed by atoms with E-state index in [1.54, 1.807) is 31.4 Å². The zero-order valence-corrected chi connectivity index (χ0v) is 16.9. The van der Waals surface area contributed by atoms with Crippen LogP contribution in [0.15, 0.2) is 36.4 Å². The number of nitrogens with one attached hydrogen (secondary N) is 2. The molecule has 160 valence electrons. The first-order chi connectivity index (χ1) is 14.4. The third-order valence-corrected chi connectivity index (χ3v) is 4.15. The number of carbonyl (C=O) groups is 2. The Kier molecular flexibility index (Phi) is 8.12. The van der Waals surface area contributed by atoms with Crippen LogP contribution in [-0.4, -0.2) is 51.2 Å². The predicted molar refractivity (Wildman–Crippen MR) is 109 cm³/mol. The molecule has 0 fully saturated rings. The Labute approximate surface area is 173 Å². The van der Waals surface area contributed by atoms with Gasteiger partial charge >= 0.3 is 0 Å². The van der Waals surface area contributed by atoms with Crippen LogP contribution in [0.25, 0.3) is 0 Å². The lowest BCUT2D eigenvalue weighted by Gasteiger charge is -2.11. The van der Waals surface area contributed by atoms with Crippen LogP contribution < -0.4 is 20.1 Å². The van der Waals surface area contributed by atoms with Gasteiger partial charge in [-0.15, -0.1) is 0 Å². The molecule has 0 saturated carbocycles. The molecule has 0 atom stereocenters. The molecule has 2 N–H and O–H groups in total. The number of amides is 2. The minimum absolute atomic E-state index is 0.147. The molecule has 2 aromatic carbocycles. The quantitative estimate of drug-likeness (QED) is 0.344. The number of methoxy groups -OCH3 is 3. The van der Waals surface area contributed by atoms with E-state index < -0.39 is 16.5 Å². The average Bonchev–Trinajstić information content (AvgIpc) is 2.74. The molecule has 10 heteroatoms. The fraction of sp³-hybridized carbons (Fsp3) is 0.300. The summed E-state index contributed by atoms with van der Waals surface area (Å²) in [6.07, 6.45) is 0.180. The number of hydrogen-bond acceptors (Lipinski definition) is 7. The second-order valence-electron chi connectivity index (χ2n) is 6.15. The van der Waals surface area contributed by atoms with Crippen LogP contribution in [0.2, 0.25) is 0 Å². The topological polar surface area (TPSA) is 129 Å². The largest absolute Gasteiger partial charge is 0.493 e. The minimum atomic E-state index is -0.673. The molecule has 0 saturated heterocycles. The second kappa shape index (κ2) is 10.8. The average molecular weight is 417 g/mol. The summed E-state index contributed by atoms with van der Waals surface area (Å²) in [6, 6.07) is 9.00. The Bertz CT molecular complexity index is 913. The Hall–Kier alpha value is -3.66. The highest BCUT2D eigenvalue weighted by atomic mass is 16.6. The van der Waals surface area contributed by atoms with Gasteiger partial charge in [-0.3, -0.25) is 19.7 Å². The maximum Gasteiger partial charge on any atom is 0.286 e. The standard InChI is InChI=1S/C20H23N3O7/c1-28-9-8-21-19(24)10-13-4-6-14(7-5-13)22-20(25)15-11-17(29-2)18(30-3)12-16(15)23(26)27/h4-7,11-12H,8-10H2,1-3H3,(H,21,24)(H,22,25). The van der Waals surface area contributed by atoms with Crippen molar-refractivity contribution in [3.63, 3.8) is 0 Å². The van der Waals surface area contributed by atoms with Crippen molar-refractivity contribution in [3.8, 4) is 11.5 Å². The van der Waals surface area contributed by atoms with Gasteiger partial charge in [0.1, 0.15) is 5.56 Å². The third kappa shape index (κ3) is 5.92. The molecule has 0 heterocycles. The van der Waals surface area contributed by atoms with Crippen LogP contribution in [0.3, 0.4) is 0 Å². The number of anilines is 1. The molecule has 2 rings (SSSR count). The monoisotopic (exact) mass is 417 g/mol. The zero-order chi connectivity index (χ0) is 22.1. The van der Waals surface area contributed by atoms with Crippen LogP contribution >= 0.6 is 0 Å². The van der Waals surface area contributed by atoms with E-state index >= 15 is 0 Å². The van der Waals surface area contributed by atoms with Crippen LogP contribution in [-0.2, 0) is 16.0 Å². The lowest BCUT2D eigenvalue weighted by Crippen LogP contribution is -2.28. The molecule has 2 aromatic rings. The molecule has 0 radical (unpaired) electrons. The van der Waals surface area contributed by atoms with E-state index in [0.29, 0.717) is 18.8 Å². The van der Waals surface area contributed by atoms with Gasteiger partial charge in [0.2, 0.25) is 5.91 Å². The molecule has 30 heavy (non-hydrogen) atoms. The molecule has 10 nitrogen and oxygen atoms in total. The van der Waals surface area contributed by atoms with Crippen molar-refractivity contribution in [2.45, 2.75) is 6.42 Å². The summed E-state index contributed by atoms with van der Waals surface area (Å²) in [4.78, 5) is 35.2. The smallest absolute Gasteiger partial charge is 0.286 e. The Balaban J connectivity index is 2.12. The summed E-state index contributed by atoms with van der Waals surface area (Å²) in [7, 11) is 4.27. The molecule has 0 bridgehead atoms. The minimum Gasteiger partial charge on any atom is -0.493 e. The van der Waals surface area contributed by atoms with Crippen molar-refractivity contribution in [3.05, 3.63) is 57.6 Å². The van der Waals surface area contributed by atoms with E-state index in [0.717, 1.165) is 11.6 Å². The van der Waals surface area contributed by atoms with E-state index in [1.807, 2.05) is 0 Å². The van der Waals surface area contributed by atoms with E-state index in [-0.39, 0.29) is 29.4 Å². The van der Waals surface area contributed by atoms with Crippen molar-refractivity contribution in [2.24, 2.45) is 0 Å². The van der Waals surface area contributed by atoms with E-state index in [1.165, 1.54) is 20.3 Å². The molecule has 0 aliphatic carbocycles. The van der Waals surface area contributed by atoms with Gasteiger partial charge in [-0.2, -0.15) is 0 Å². The first kappa shape index (κ1) is 22.6. The molecule has 0 unspecified atom stereocenters. The molecular weight excluding hydrogens is 394 g/mol. The molecule has 0 aromatic heterocycles. The van der Waals surface area contributed by atoms with Crippen molar-refractivity contribution >= 4 is 23.2 Å². The fourth-order valence-corrected chi connectivity index (χ4v) is 2.65. The normalized spacial score (nSPS) is 10.2. The number of carbonyl (C=O) groups excluding carboxylic acids is 2. The van der Waals surface area contributed by atoms with Crippen LogP contribution in [0.1, 0.15) is 15.9 Å². The second-order valence-corrected chi connectivity index (χ2v) is 6.15. The van der Waals surface area contributed by atoms with E-state index in [9.17, 15) is 19.7 Å². The highest BCUT2D eigenvalue weighted by Crippen LogP contribution is 2.34. The summed E-state index contributed by atoms with van der Waals surface area (Å²) in [5.74, 6) is -0.477. The number of ether oxygens (including phenoxy) is 3. The zero-order valence-electron chi connectivity index (χ0n) is 16.9. The van der Waals surface area contributed by atoms with Gasteiger partial charge in [0.05, 0.1) is 38.2 Å². The van der Waals surface area contributed by atoms with Gasteiger partial charge in [-0.05, 0) is 17.7 Å². The van der Waals surface area contributed by atoms with Crippen molar-refractivity contribution in [1.82, 2.24) is 5.32 Å². The molecule has 0 spiro atoms. The number of hydrogen-bond donors (Lipinski definition) is 2. The summed E-state index contributed by atoms with van der Waals surface area (Å²) in [5, 5.41) is 16.7. The molecule has 0 aliphatic heterocycles. The van der Waals surface area contributed by atoms with Gasteiger partial charge in [0, 0.05) is 25.4 Å². The maximum atomic E-state index is 12.6. The van der Waals surface area contributed by atoms with E-state index in [2.05, 4.69) is 10.6 Å². The predicted octanol–water partition coefficient (Wildman–Crippen LogP) is 2.17. The molecular formula is C20H23N3O7. The first-order valence-electron chi connectivity index (χ1n) is 8.96. The Morgan fingerprint density at radius 2 is 1.67 bits per heavy atom. The van der Waals surface area contributed by atoms with Crippen LogP contribution in [0.5, 0.6) is 11.5 Å². The number of nitro benzene ring substituents is 1. The van der Waals surface area contributed by atoms with Crippen molar-refractivity contribution in [2.75, 3.05) is 39.8 Å². The highest BCUT2D eigenvalue weighted by molar-refractivity contribution is 6.07. The SMILES string of the molecule is COCCNC(=O)Cc1ccc(NC(=O)c2cc(OC)c(OC)cc2[N+](=O)[O-])cc1. The number of nitrogens with zero attached hydrogens (tertiary/aromatic N) is 1. The van der Waals surface area contributed by atoms with E-state index in [4.69, 9.17) is 14.2 Å².